The molecule has 34 heavy (non-hydrogen) atoms. The third-order valence-electron chi connectivity index (χ3n) is 5.94. The summed E-state index contributed by atoms with van der Waals surface area (Å²) in [5, 5.41) is 0. The van der Waals surface area contributed by atoms with Crippen molar-refractivity contribution in [3.63, 3.8) is 0 Å². The minimum Gasteiger partial charge on any atom is -0.382 e. The van der Waals surface area contributed by atoms with Crippen LogP contribution in [0.25, 0.3) is 16.6 Å². The fraction of sp³-hybridized carbons (Fsp3) is 0.261. The zero-order chi connectivity index (χ0) is 26.9. The lowest BCUT2D eigenvalue weighted by Gasteiger charge is -2.36. The van der Waals surface area contributed by atoms with Gasteiger partial charge in [0.15, 0.2) is 0 Å². The maximum Gasteiger partial charge on any atom is 0.416 e. The van der Waals surface area contributed by atoms with Crippen LogP contribution in [0.3, 0.4) is 0 Å². The van der Waals surface area contributed by atoms with Crippen LogP contribution in [0.5, 0.6) is 0 Å². The van der Waals surface area contributed by atoms with Crippen molar-refractivity contribution < 1.29 is 31.2 Å². The number of amides is 1. The molecule has 7 nitrogen and oxygen atoms in total. The number of carbonyl (C=O) groups excluding carboxylic acids is 1. The van der Waals surface area contributed by atoms with E-state index in [-0.39, 0.29) is 34.6 Å². The Morgan fingerprint density at radius 2 is 2.06 bits per heavy atom. The minimum atomic E-state index is -4.63. The van der Waals surface area contributed by atoms with E-state index in [0.29, 0.717) is 10.4 Å². The largest absolute Gasteiger partial charge is 0.416 e. The number of nitrogens with zero attached hydrogens (tertiary/aromatic N) is 4. The molecule has 2 N–H and O–H groups in total. The van der Waals surface area contributed by atoms with Gasteiger partial charge in [-0.2, -0.15) is 13.2 Å². The van der Waals surface area contributed by atoms with Crippen molar-refractivity contribution in [2.45, 2.75) is 25.2 Å². The molecule has 4 aromatic rings. The Balaban J connectivity index is 1.65. The summed E-state index contributed by atoms with van der Waals surface area (Å²) in [5.74, 6) is -2.16. The number of halogens is 4. The van der Waals surface area contributed by atoms with Gasteiger partial charge in [0.1, 0.15) is 17.2 Å². The number of ether oxygens (including phenoxy) is 1. The van der Waals surface area contributed by atoms with Crippen LogP contribution in [-0.4, -0.2) is 38.8 Å². The Morgan fingerprint density at radius 3 is 2.79 bits per heavy atom. The van der Waals surface area contributed by atoms with Gasteiger partial charge in [-0.05, 0) is 36.2 Å². The maximum atomic E-state index is 15.2. The van der Waals surface area contributed by atoms with Crippen LogP contribution >= 0.6 is 0 Å². The van der Waals surface area contributed by atoms with Gasteiger partial charge in [0, 0.05) is 17.2 Å². The molecule has 3 heterocycles. The van der Waals surface area contributed by atoms with Gasteiger partial charge in [-0.3, -0.25) is 9.20 Å². The number of benzene rings is 2. The Hall–Kier alpha value is -3.73. The predicted molar refractivity (Wildman–Crippen MR) is 116 cm³/mol. The van der Waals surface area contributed by atoms with E-state index in [9.17, 15) is 18.0 Å². The Morgan fingerprint density at radius 1 is 1.26 bits per heavy atom. The second kappa shape index (κ2) is 7.66. The summed E-state index contributed by atoms with van der Waals surface area (Å²) >= 11 is 0. The van der Waals surface area contributed by atoms with Crippen LogP contribution in [0.4, 0.5) is 23.4 Å². The molecule has 0 radical (unpaired) electrons. The molecule has 2 aromatic carbocycles. The highest BCUT2D eigenvalue weighted by Gasteiger charge is 2.36. The van der Waals surface area contributed by atoms with Crippen molar-refractivity contribution in [2.75, 3.05) is 19.3 Å². The number of carbonyl (C=O) groups is 1. The number of rotatable bonds is 2. The summed E-state index contributed by atoms with van der Waals surface area (Å²) in [7, 11) is 0. The van der Waals surface area contributed by atoms with Gasteiger partial charge in [0.05, 0.1) is 53.4 Å². The van der Waals surface area contributed by atoms with Gasteiger partial charge < -0.3 is 15.4 Å². The molecule has 2 aromatic heterocycles. The summed E-state index contributed by atoms with van der Waals surface area (Å²) in [6.45, 7) is -1.88. The summed E-state index contributed by atoms with van der Waals surface area (Å²) in [6, 6.07) is 3.62. The summed E-state index contributed by atoms with van der Waals surface area (Å²) in [6.07, 6.45) is -2.61. The second-order valence-corrected chi connectivity index (χ2v) is 7.97. The Labute approximate surface area is 195 Å². The number of nitrogen functional groups attached to an aromatic ring is 1. The number of aromatic nitrogens is 3. The molecule has 1 aliphatic rings. The van der Waals surface area contributed by atoms with Gasteiger partial charge in [-0.15, -0.1) is 0 Å². The standard InChI is InChI=1S/C23H19F4N5O2/c1-11-14-5-12(23(25,26)27)3-4-13(14)20(9-34-11)31(2)22(33)15-6-18-17(7-16(15)24)30-21(28)19-8-29-10-32(18)19/h3-8,10-11,20H,9H2,1-2H3,(H2,28,30)/t11-,20-/m1/s1/i2D3. The fourth-order valence-corrected chi connectivity index (χ4v) is 4.17. The SMILES string of the molecule is [2H]C([2H])([2H])N(C(=O)c1cc2c(cc1F)nc(N)c1cncn12)[C@@H]1CO[C@H](C)c2cc(C(F)(F)F)ccc21. The van der Waals surface area contributed by atoms with E-state index < -0.39 is 48.1 Å². The number of hydrogen-bond acceptors (Lipinski definition) is 5. The molecular formula is C23H19F4N5O2. The van der Waals surface area contributed by atoms with Crippen LogP contribution in [0.15, 0.2) is 42.9 Å². The van der Waals surface area contributed by atoms with Gasteiger partial charge in [0.25, 0.3) is 5.91 Å². The predicted octanol–water partition coefficient (Wildman–Crippen LogP) is 4.53. The highest BCUT2D eigenvalue weighted by molar-refractivity contribution is 5.98. The highest BCUT2D eigenvalue weighted by atomic mass is 19.4. The maximum absolute atomic E-state index is 15.2. The Bertz CT molecular complexity index is 1550. The molecule has 11 heteroatoms. The monoisotopic (exact) mass is 476 g/mol. The van der Waals surface area contributed by atoms with E-state index >= 15 is 4.39 Å². The van der Waals surface area contributed by atoms with Crippen molar-refractivity contribution in [3.8, 4) is 0 Å². The van der Waals surface area contributed by atoms with Crippen molar-refractivity contribution in [1.82, 2.24) is 19.3 Å². The lowest BCUT2D eigenvalue weighted by Crippen LogP contribution is -2.37. The number of likely N-dealkylation sites (N-methyl/N-ethyl adjacent to an activating group) is 1. The van der Waals surface area contributed by atoms with E-state index in [1.807, 2.05) is 0 Å². The first-order valence-electron chi connectivity index (χ1n) is 11.6. The molecule has 0 aliphatic carbocycles. The Kier molecular flexibility index (Phi) is 4.20. The van der Waals surface area contributed by atoms with E-state index in [4.69, 9.17) is 14.6 Å². The van der Waals surface area contributed by atoms with E-state index in [0.717, 1.165) is 30.3 Å². The summed E-state index contributed by atoms with van der Waals surface area (Å²) in [4.78, 5) is 22.2. The van der Waals surface area contributed by atoms with E-state index in [2.05, 4.69) is 9.97 Å². The normalized spacial score (nSPS) is 20.0. The van der Waals surface area contributed by atoms with Gasteiger partial charge in [-0.25, -0.2) is 14.4 Å². The number of alkyl halides is 3. The van der Waals surface area contributed by atoms with E-state index in [1.165, 1.54) is 23.8 Å². The first-order chi connectivity index (χ1) is 17.3. The second-order valence-electron chi connectivity index (χ2n) is 7.97. The quantitative estimate of drug-likeness (QED) is 0.430. The average Bonchev–Trinajstić information content (AvgIpc) is 3.30. The van der Waals surface area contributed by atoms with Crippen molar-refractivity contribution in [3.05, 3.63) is 70.9 Å². The lowest BCUT2D eigenvalue weighted by molar-refractivity contribution is -0.137. The molecule has 0 saturated carbocycles. The number of anilines is 1. The topological polar surface area (TPSA) is 85.8 Å². The van der Waals surface area contributed by atoms with Crippen LogP contribution in [0.1, 0.15) is 50.2 Å². The number of fused-ring (bicyclic) bond motifs is 4. The van der Waals surface area contributed by atoms with Gasteiger partial charge >= 0.3 is 6.18 Å². The van der Waals surface area contributed by atoms with Crippen LogP contribution in [0.2, 0.25) is 0 Å². The average molecular weight is 476 g/mol. The van der Waals surface area contributed by atoms with Crippen molar-refractivity contribution >= 4 is 28.3 Å². The number of nitrogens with two attached hydrogens (primary N) is 1. The van der Waals surface area contributed by atoms with Crippen LogP contribution in [-0.2, 0) is 10.9 Å². The summed E-state index contributed by atoms with van der Waals surface area (Å²) < 4.78 is 86.3. The molecule has 0 fully saturated rings. The zero-order valence-electron chi connectivity index (χ0n) is 20.6. The van der Waals surface area contributed by atoms with E-state index in [1.54, 1.807) is 0 Å². The number of imidazole rings is 1. The smallest absolute Gasteiger partial charge is 0.382 e. The van der Waals surface area contributed by atoms with Crippen LogP contribution < -0.4 is 5.73 Å². The third kappa shape index (κ3) is 3.43. The van der Waals surface area contributed by atoms with Gasteiger partial charge in [0.2, 0.25) is 0 Å². The first-order valence-corrected chi connectivity index (χ1v) is 10.1. The summed E-state index contributed by atoms with van der Waals surface area (Å²) in [5.41, 5.74) is 5.39. The molecule has 5 rings (SSSR count). The number of hydrogen-bond donors (Lipinski definition) is 1. The van der Waals surface area contributed by atoms with Gasteiger partial charge in [-0.1, -0.05) is 6.07 Å². The molecule has 1 amide bonds. The molecule has 0 bridgehead atoms. The first kappa shape index (κ1) is 18.7. The molecular weight excluding hydrogens is 454 g/mol. The minimum absolute atomic E-state index is 0.0795. The van der Waals surface area contributed by atoms with Crippen molar-refractivity contribution in [1.29, 1.82) is 0 Å². The molecule has 0 saturated heterocycles. The molecule has 1 aliphatic heterocycles. The third-order valence-corrected chi connectivity index (χ3v) is 5.94. The highest BCUT2D eigenvalue weighted by Crippen LogP contribution is 2.39. The molecule has 0 spiro atoms. The molecule has 2 atom stereocenters. The van der Waals surface area contributed by atoms with Crippen LogP contribution in [0, 0.1) is 5.82 Å². The molecule has 176 valence electrons. The van der Waals surface area contributed by atoms with Crippen molar-refractivity contribution in [2.24, 2.45) is 0 Å². The molecule has 0 unspecified atom stereocenters. The lowest BCUT2D eigenvalue weighted by atomic mass is 9.91. The zero-order valence-corrected chi connectivity index (χ0v) is 17.6. The fourth-order valence-electron chi connectivity index (χ4n) is 4.17.